The van der Waals surface area contributed by atoms with Gasteiger partial charge in [0, 0.05) is 6.54 Å². The van der Waals surface area contributed by atoms with Gasteiger partial charge in [-0.3, -0.25) is 19.2 Å². The molecule has 0 saturated heterocycles. The highest BCUT2D eigenvalue weighted by Gasteiger charge is 2.64. The zero-order chi connectivity index (χ0) is 27.0. The van der Waals surface area contributed by atoms with Gasteiger partial charge >= 0.3 is 17.9 Å². The maximum Gasteiger partial charge on any atom is 0.312 e. The third-order valence-electron chi connectivity index (χ3n) is 6.53. The molecule has 2 aromatic rings. The Morgan fingerprint density at radius 2 is 1.65 bits per heavy atom. The number of nitrogens with one attached hydrogen (secondary N) is 1. The summed E-state index contributed by atoms with van der Waals surface area (Å²) in [5.41, 5.74) is -0.413. The van der Waals surface area contributed by atoms with Gasteiger partial charge in [-0.25, -0.2) is 0 Å². The van der Waals surface area contributed by atoms with Crippen molar-refractivity contribution in [1.29, 1.82) is 0 Å². The molecule has 2 N–H and O–H groups in total. The molecule has 1 aliphatic carbocycles. The first-order valence-corrected chi connectivity index (χ1v) is 12.3. The fraction of sp³-hybridized carbons (Fsp3) is 0.429. The minimum absolute atomic E-state index is 0.0461. The number of aliphatic carboxylic acids is 1. The van der Waals surface area contributed by atoms with Crippen LogP contribution in [0.25, 0.3) is 0 Å². The Bertz CT molecular complexity index is 1100. The molecule has 0 radical (unpaired) electrons. The van der Waals surface area contributed by atoms with E-state index in [-0.39, 0.29) is 18.9 Å². The van der Waals surface area contributed by atoms with Crippen molar-refractivity contribution in [3.05, 3.63) is 60.2 Å². The highest BCUT2D eigenvalue weighted by molar-refractivity contribution is 5.95. The molecule has 37 heavy (non-hydrogen) atoms. The summed E-state index contributed by atoms with van der Waals surface area (Å²) < 4.78 is 15.6. The Kier molecular flexibility index (Phi) is 9.27. The van der Waals surface area contributed by atoms with E-state index in [4.69, 9.17) is 14.2 Å². The Labute approximate surface area is 216 Å². The number of carboxylic acids is 1. The third kappa shape index (κ3) is 6.67. The van der Waals surface area contributed by atoms with Gasteiger partial charge in [-0.15, -0.1) is 0 Å². The van der Waals surface area contributed by atoms with Gasteiger partial charge in [-0.1, -0.05) is 57.5 Å². The minimum atomic E-state index is -1.24. The number of hydrogen-bond acceptors (Lipinski definition) is 7. The molecule has 1 saturated carbocycles. The zero-order valence-electron chi connectivity index (χ0n) is 21.3. The van der Waals surface area contributed by atoms with Gasteiger partial charge in [0.05, 0.1) is 23.2 Å². The van der Waals surface area contributed by atoms with Crippen LogP contribution in [0.3, 0.4) is 0 Å². The Balaban J connectivity index is 1.60. The summed E-state index contributed by atoms with van der Waals surface area (Å²) >= 11 is 0. The summed E-state index contributed by atoms with van der Waals surface area (Å²) in [6.07, 6.45) is 0.923. The van der Waals surface area contributed by atoms with Crippen LogP contribution in [0.15, 0.2) is 54.6 Å². The van der Waals surface area contributed by atoms with E-state index in [1.54, 1.807) is 26.0 Å². The number of hydrogen-bond donors (Lipinski definition) is 2. The minimum Gasteiger partial charge on any atom is -0.481 e. The van der Waals surface area contributed by atoms with Crippen molar-refractivity contribution >= 4 is 23.8 Å². The molecule has 2 aromatic carbocycles. The molecule has 3 atom stereocenters. The molecule has 3 rings (SSSR count). The monoisotopic (exact) mass is 511 g/mol. The van der Waals surface area contributed by atoms with E-state index in [2.05, 4.69) is 5.32 Å². The lowest BCUT2D eigenvalue weighted by atomic mass is 9.51. The van der Waals surface area contributed by atoms with Crippen LogP contribution in [0.2, 0.25) is 0 Å². The summed E-state index contributed by atoms with van der Waals surface area (Å²) in [4.78, 5) is 49.5. The van der Waals surface area contributed by atoms with E-state index >= 15 is 0 Å². The molecule has 9 heteroatoms. The SMILES string of the molecule is CCCC1(C(=O)NCc2ccc(Oc3ccccc3)cc2)CC(C(=O)OCOC(=O)C(C)C)C1C(=O)O. The second-order valence-electron chi connectivity index (χ2n) is 9.47. The highest BCUT2D eigenvalue weighted by atomic mass is 16.7. The lowest BCUT2D eigenvalue weighted by Gasteiger charge is -2.50. The smallest absolute Gasteiger partial charge is 0.312 e. The highest BCUT2D eigenvalue weighted by Crippen LogP contribution is 2.55. The van der Waals surface area contributed by atoms with Crippen LogP contribution < -0.4 is 10.1 Å². The predicted octanol–water partition coefficient (Wildman–Crippen LogP) is 4.30. The Morgan fingerprint density at radius 1 is 1.00 bits per heavy atom. The average molecular weight is 512 g/mol. The average Bonchev–Trinajstić information content (AvgIpc) is 2.85. The number of rotatable bonds is 12. The Hall–Kier alpha value is -3.88. The molecule has 3 unspecified atom stereocenters. The summed E-state index contributed by atoms with van der Waals surface area (Å²) in [7, 11) is 0. The van der Waals surface area contributed by atoms with Crippen molar-refractivity contribution in [2.45, 2.75) is 46.6 Å². The lowest BCUT2D eigenvalue weighted by Crippen LogP contribution is -2.61. The molecule has 0 bridgehead atoms. The number of para-hydroxylation sites is 1. The van der Waals surface area contributed by atoms with Gasteiger partial charge in [0.15, 0.2) is 0 Å². The van der Waals surface area contributed by atoms with Gasteiger partial charge in [-0.05, 0) is 42.7 Å². The standard InChI is InChI=1S/C28H33NO8/c1-4-14-28(15-22(23(28)24(30)31)26(33)36-17-35-25(32)18(2)3)27(34)29-16-19-10-12-21(13-11-19)37-20-8-6-5-7-9-20/h5-13,18,22-23H,4,14-17H2,1-3H3,(H,29,34)(H,30,31). The van der Waals surface area contributed by atoms with E-state index in [0.29, 0.717) is 24.3 Å². The molecule has 1 amide bonds. The van der Waals surface area contributed by atoms with Crippen molar-refractivity contribution in [2.75, 3.05) is 6.79 Å². The van der Waals surface area contributed by atoms with Gasteiger partial charge < -0.3 is 24.6 Å². The number of benzene rings is 2. The number of carbonyl (C=O) groups is 4. The number of ether oxygens (including phenoxy) is 3. The molecule has 0 aliphatic heterocycles. The largest absolute Gasteiger partial charge is 0.481 e. The van der Waals surface area contributed by atoms with E-state index in [0.717, 1.165) is 5.56 Å². The fourth-order valence-corrected chi connectivity index (χ4v) is 4.62. The molecule has 1 aliphatic rings. The van der Waals surface area contributed by atoms with Crippen LogP contribution in [0.4, 0.5) is 0 Å². The molecule has 1 fully saturated rings. The third-order valence-corrected chi connectivity index (χ3v) is 6.53. The van der Waals surface area contributed by atoms with Crippen molar-refractivity contribution < 1.29 is 38.5 Å². The molecule has 0 heterocycles. The number of esters is 2. The van der Waals surface area contributed by atoms with Crippen LogP contribution >= 0.6 is 0 Å². The summed E-state index contributed by atoms with van der Waals surface area (Å²) in [6.45, 7) is 4.75. The number of carbonyl (C=O) groups excluding carboxylic acids is 3. The topological polar surface area (TPSA) is 128 Å². The van der Waals surface area contributed by atoms with Crippen LogP contribution in [0, 0.1) is 23.2 Å². The first-order chi connectivity index (χ1) is 17.7. The lowest BCUT2D eigenvalue weighted by molar-refractivity contribution is -0.193. The molecular formula is C28H33NO8. The van der Waals surface area contributed by atoms with Crippen LogP contribution in [0.5, 0.6) is 11.5 Å². The van der Waals surface area contributed by atoms with Gasteiger partial charge in [-0.2, -0.15) is 0 Å². The zero-order valence-corrected chi connectivity index (χ0v) is 21.3. The van der Waals surface area contributed by atoms with E-state index < -0.39 is 47.9 Å². The fourth-order valence-electron chi connectivity index (χ4n) is 4.62. The van der Waals surface area contributed by atoms with E-state index in [1.807, 2.05) is 49.4 Å². The van der Waals surface area contributed by atoms with Crippen molar-refractivity contribution in [3.63, 3.8) is 0 Å². The van der Waals surface area contributed by atoms with Gasteiger partial charge in [0.2, 0.25) is 12.7 Å². The first kappa shape index (κ1) is 27.7. The summed E-state index contributed by atoms with van der Waals surface area (Å²) in [5, 5.41) is 12.7. The normalized spacial score (nSPS) is 20.4. The molecule has 0 aromatic heterocycles. The maximum atomic E-state index is 13.3. The van der Waals surface area contributed by atoms with E-state index in [1.165, 1.54) is 0 Å². The van der Waals surface area contributed by atoms with Gasteiger partial charge in [0.25, 0.3) is 0 Å². The quantitative estimate of drug-likeness (QED) is 0.319. The number of carboxylic acid groups (broad SMARTS) is 1. The van der Waals surface area contributed by atoms with Crippen molar-refractivity contribution in [2.24, 2.45) is 23.2 Å². The second kappa shape index (κ2) is 12.4. The van der Waals surface area contributed by atoms with Crippen LogP contribution in [0.1, 0.15) is 45.6 Å². The summed E-state index contributed by atoms with van der Waals surface area (Å²) in [6, 6.07) is 16.6. The predicted molar refractivity (Wildman–Crippen MR) is 133 cm³/mol. The Morgan fingerprint density at radius 3 is 2.24 bits per heavy atom. The van der Waals surface area contributed by atoms with Crippen LogP contribution in [-0.4, -0.2) is 35.7 Å². The number of amides is 1. The van der Waals surface area contributed by atoms with Crippen molar-refractivity contribution in [3.8, 4) is 11.5 Å². The molecule has 0 spiro atoms. The maximum absolute atomic E-state index is 13.3. The molecule has 198 valence electrons. The second-order valence-corrected chi connectivity index (χ2v) is 9.47. The van der Waals surface area contributed by atoms with Crippen LogP contribution in [-0.2, 0) is 35.2 Å². The summed E-state index contributed by atoms with van der Waals surface area (Å²) in [5.74, 6) is -4.24. The van der Waals surface area contributed by atoms with E-state index in [9.17, 15) is 24.3 Å². The molecule has 9 nitrogen and oxygen atoms in total. The first-order valence-electron chi connectivity index (χ1n) is 12.3. The molecular weight excluding hydrogens is 478 g/mol. The van der Waals surface area contributed by atoms with Crippen molar-refractivity contribution in [1.82, 2.24) is 5.32 Å². The van der Waals surface area contributed by atoms with Gasteiger partial charge in [0.1, 0.15) is 11.5 Å².